The Kier molecular flexibility index (Phi) is 6.04. The molecule has 2 atom stereocenters. The molecule has 0 aliphatic carbocycles. The van der Waals surface area contributed by atoms with E-state index >= 15 is 0 Å². The highest BCUT2D eigenvalue weighted by Gasteiger charge is 2.38. The number of hydrogen-bond donors (Lipinski definition) is 2. The van der Waals surface area contributed by atoms with Gasteiger partial charge < -0.3 is 15.2 Å². The second kappa shape index (κ2) is 7.31. The van der Waals surface area contributed by atoms with E-state index in [0.29, 0.717) is 6.41 Å². The first-order valence-electron chi connectivity index (χ1n) is 6.10. The maximum absolute atomic E-state index is 11.6. The maximum atomic E-state index is 11.6. The van der Waals surface area contributed by atoms with Crippen LogP contribution in [0.5, 0.6) is 0 Å². The normalized spacial score (nSPS) is 15.0. The molecule has 0 radical (unpaired) electrons. The minimum absolute atomic E-state index is 0.247. The van der Waals surface area contributed by atoms with E-state index in [2.05, 4.69) is 10.1 Å². The van der Waals surface area contributed by atoms with Crippen LogP contribution in [0.1, 0.15) is 12.5 Å². The molecule has 1 aromatic carbocycles. The Morgan fingerprint density at radius 1 is 1.50 bits per heavy atom. The van der Waals surface area contributed by atoms with E-state index in [1.807, 2.05) is 31.2 Å². The predicted molar refractivity (Wildman–Crippen MR) is 77.5 cm³/mol. The number of nitrogens with one attached hydrogen (secondary N) is 1. The Balaban J connectivity index is 2.73. The Bertz CT molecular complexity index is 459. The van der Waals surface area contributed by atoms with Gasteiger partial charge in [-0.2, -0.15) is 0 Å². The number of amides is 1. The number of aryl methyl sites for hydroxylation is 1. The van der Waals surface area contributed by atoms with Gasteiger partial charge >= 0.3 is 5.97 Å². The average molecular weight is 297 g/mol. The Hall–Kier alpha value is -1.53. The van der Waals surface area contributed by atoms with Crippen molar-refractivity contribution in [3.05, 3.63) is 29.8 Å². The van der Waals surface area contributed by atoms with Gasteiger partial charge in [0.1, 0.15) is 5.60 Å². The van der Waals surface area contributed by atoms with Crippen LogP contribution in [0.2, 0.25) is 0 Å². The third kappa shape index (κ3) is 4.54. The lowest BCUT2D eigenvalue weighted by molar-refractivity contribution is -0.150. The van der Waals surface area contributed by atoms with Crippen molar-refractivity contribution in [2.45, 2.75) is 30.4 Å². The van der Waals surface area contributed by atoms with E-state index in [-0.39, 0.29) is 5.75 Å². The Labute approximate surface area is 122 Å². The van der Waals surface area contributed by atoms with Gasteiger partial charge in [0.05, 0.1) is 7.11 Å². The predicted octanol–water partition coefficient (Wildman–Crippen LogP) is 1.13. The van der Waals surface area contributed by atoms with Crippen LogP contribution in [0, 0.1) is 6.92 Å². The van der Waals surface area contributed by atoms with Crippen LogP contribution in [0.15, 0.2) is 29.2 Å². The van der Waals surface area contributed by atoms with Crippen LogP contribution in [0.3, 0.4) is 0 Å². The molecule has 0 saturated carbocycles. The molecular weight excluding hydrogens is 278 g/mol. The highest BCUT2D eigenvalue weighted by atomic mass is 32.2. The van der Waals surface area contributed by atoms with E-state index in [1.54, 1.807) is 0 Å². The number of thioether (sulfide) groups is 1. The van der Waals surface area contributed by atoms with Gasteiger partial charge in [-0.1, -0.05) is 17.7 Å². The van der Waals surface area contributed by atoms with Crippen LogP contribution < -0.4 is 5.32 Å². The third-order valence-electron chi connectivity index (χ3n) is 2.85. The molecule has 0 saturated heterocycles. The lowest BCUT2D eigenvalue weighted by atomic mass is 9.99. The summed E-state index contributed by atoms with van der Waals surface area (Å²) in [6, 6.07) is 6.73. The SMILES string of the molecule is COC(=O)[C@@H](NC=O)[C@@](C)(O)CSc1ccc(C)cc1. The molecule has 1 amide bonds. The standard InChI is InChI=1S/C14H19NO4S/c1-10-4-6-11(7-5-10)20-8-14(2,18)12(15-9-16)13(17)19-3/h4-7,9,12,18H,8H2,1-3H3,(H,15,16)/t12-,14+/m1/s1. The first-order valence-corrected chi connectivity index (χ1v) is 7.08. The molecule has 6 heteroatoms. The van der Waals surface area contributed by atoms with Gasteiger partial charge in [-0.25, -0.2) is 4.79 Å². The molecule has 1 aromatic rings. The molecule has 1 rings (SSSR count). The zero-order valence-electron chi connectivity index (χ0n) is 11.8. The highest BCUT2D eigenvalue weighted by Crippen LogP contribution is 2.25. The average Bonchev–Trinajstić information content (AvgIpc) is 2.43. The fourth-order valence-electron chi connectivity index (χ4n) is 1.63. The second-order valence-corrected chi connectivity index (χ2v) is 5.75. The maximum Gasteiger partial charge on any atom is 0.331 e. The topological polar surface area (TPSA) is 75.6 Å². The van der Waals surface area contributed by atoms with Gasteiger partial charge in [-0.15, -0.1) is 11.8 Å². The molecule has 2 N–H and O–H groups in total. The molecule has 0 fully saturated rings. The number of hydrogen-bond acceptors (Lipinski definition) is 5. The van der Waals surface area contributed by atoms with Crippen LogP contribution in [0.4, 0.5) is 0 Å². The first kappa shape index (κ1) is 16.5. The summed E-state index contributed by atoms with van der Waals surface area (Å²) in [4.78, 5) is 23.1. The van der Waals surface area contributed by atoms with Gasteiger partial charge in [0.25, 0.3) is 0 Å². The minimum Gasteiger partial charge on any atom is -0.467 e. The number of benzene rings is 1. The fraction of sp³-hybridized carbons (Fsp3) is 0.429. The van der Waals surface area contributed by atoms with Gasteiger partial charge in [0.15, 0.2) is 6.04 Å². The van der Waals surface area contributed by atoms with E-state index < -0.39 is 17.6 Å². The lowest BCUT2D eigenvalue weighted by Gasteiger charge is -2.30. The summed E-state index contributed by atoms with van der Waals surface area (Å²) < 4.78 is 4.59. The van der Waals surface area contributed by atoms with Crippen molar-refractivity contribution >= 4 is 24.1 Å². The van der Waals surface area contributed by atoms with E-state index in [1.165, 1.54) is 25.8 Å². The summed E-state index contributed by atoms with van der Waals surface area (Å²) in [5.41, 5.74) is -0.264. The molecule has 20 heavy (non-hydrogen) atoms. The summed E-state index contributed by atoms with van der Waals surface area (Å²) >= 11 is 1.40. The summed E-state index contributed by atoms with van der Waals surface area (Å²) in [6.45, 7) is 3.48. The van der Waals surface area contributed by atoms with E-state index in [0.717, 1.165) is 10.5 Å². The zero-order valence-corrected chi connectivity index (χ0v) is 12.6. The van der Waals surface area contributed by atoms with Crippen molar-refractivity contribution in [3.63, 3.8) is 0 Å². The quantitative estimate of drug-likeness (QED) is 0.448. The summed E-state index contributed by atoms with van der Waals surface area (Å²) in [5, 5.41) is 12.7. The third-order valence-corrected chi connectivity index (χ3v) is 4.18. The summed E-state index contributed by atoms with van der Waals surface area (Å²) in [7, 11) is 1.21. The van der Waals surface area contributed by atoms with Gasteiger partial charge in [0, 0.05) is 10.6 Å². The molecule has 0 heterocycles. The monoisotopic (exact) mass is 297 g/mol. The molecule has 5 nitrogen and oxygen atoms in total. The molecule has 0 aliphatic rings. The van der Waals surface area contributed by atoms with Crippen molar-refractivity contribution in [1.82, 2.24) is 5.32 Å². The fourth-order valence-corrected chi connectivity index (χ4v) is 2.59. The van der Waals surface area contributed by atoms with Crippen LogP contribution >= 0.6 is 11.8 Å². The highest BCUT2D eigenvalue weighted by molar-refractivity contribution is 7.99. The van der Waals surface area contributed by atoms with Crippen molar-refractivity contribution in [2.24, 2.45) is 0 Å². The van der Waals surface area contributed by atoms with Gasteiger partial charge in [0.2, 0.25) is 6.41 Å². The Morgan fingerprint density at radius 3 is 2.60 bits per heavy atom. The van der Waals surface area contributed by atoms with Crippen LogP contribution in [0.25, 0.3) is 0 Å². The summed E-state index contributed by atoms with van der Waals surface area (Å²) in [6.07, 6.45) is 0.382. The number of carbonyl (C=O) groups excluding carboxylic acids is 2. The summed E-state index contributed by atoms with van der Waals surface area (Å²) in [5.74, 6) is -0.428. The molecule has 0 aromatic heterocycles. The smallest absolute Gasteiger partial charge is 0.331 e. The molecule has 0 unspecified atom stereocenters. The minimum atomic E-state index is -1.41. The number of esters is 1. The number of ether oxygens (including phenoxy) is 1. The number of rotatable bonds is 7. The first-order chi connectivity index (χ1) is 9.40. The second-order valence-electron chi connectivity index (χ2n) is 4.70. The molecule has 110 valence electrons. The van der Waals surface area contributed by atoms with E-state index in [4.69, 9.17) is 0 Å². The molecule has 0 aliphatic heterocycles. The molecule has 0 spiro atoms. The number of aliphatic hydroxyl groups is 1. The van der Waals surface area contributed by atoms with Crippen molar-refractivity contribution in [2.75, 3.05) is 12.9 Å². The van der Waals surface area contributed by atoms with Gasteiger partial charge in [-0.3, -0.25) is 4.79 Å². The largest absolute Gasteiger partial charge is 0.467 e. The van der Waals surface area contributed by atoms with Crippen LogP contribution in [-0.4, -0.2) is 42.0 Å². The van der Waals surface area contributed by atoms with Crippen molar-refractivity contribution in [3.8, 4) is 0 Å². The van der Waals surface area contributed by atoms with Crippen molar-refractivity contribution < 1.29 is 19.4 Å². The number of methoxy groups -OCH3 is 1. The zero-order chi connectivity index (χ0) is 15.2. The van der Waals surface area contributed by atoms with Crippen molar-refractivity contribution in [1.29, 1.82) is 0 Å². The Morgan fingerprint density at radius 2 is 2.10 bits per heavy atom. The molecule has 0 bridgehead atoms. The molecular formula is C14H19NO4S. The number of carbonyl (C=O) groups is 2. The van der Waals surface area contributed by atoms with E-state index in [9.17, 15) is 14.7 Å². The van der Waals surface area contributed by atoms with Crippen LogP contribution in [-0.2, 0) is 14.3 Å². The lowest BCUT2D eigenvalue weighted by Crippen LogP contribution is -2.55. The van der Waals surface area contributed by atoms with Gasteiger partial charge in [-0.05, 0) is 26.0 Å².